The standard InChI is InChI=1S/C17H17N5O2/c1-4-6-13-15(18-3)14(12-9-19-21-17(12)20-13)11-8-5-7-10(2)16(11)22(23)24/h5,7-9,14H,4,6H2,1-2H3,(H2,19,20,21). The van der Waals surface area contributed by atoms with Gasteiger partial charge in [0, 0.05) is 22.4 Å². The lowest BCUT2D eigenvalue weighted by atomic mass is 9.84. The molecule has 1 aliphatic rings. The third-order valence-corrected chi connectivity index (χ3v) is 4.22. The van der Waals surface area contributed by atoms with E-state index >= 15 is 0 Å². The van der Waals surface area contributed by atoms with E-state index in [2.05, 4.69) is 20.4 Å². The number of fused-ring (bicyclic) bond motifs is 1. The smallest absolute Gasteiger partial charge is 0.275 e. The molecule has 0 saturated carbocycles. The van der Waals surface area contributed by atoms with Crippen LogP contribution in [0.3, 0.4) is 0 Å². The van der Waals surface area contributed by atoms with Crippen molar-refractivity contribution >= 4 is 11.5 Å². The van der Waals surface area contributed by atoms with Gasteiger partial charge in [-0.1, -0.05) is 31.5 Å². The van der Waals surface area contributed by atoms with E-state index in [-0.39, 0.29) is 10.6 Å². The Balaban J connectivity index is 2.28. The molecule has 2 aromatic rings. The molecule has 1 atom stereocenters. The molecule has 3 rings (SSSR count). The largest absolute Gasteiger partial charge is 0.354 e. The molecule has 0 bridgehead atoms. The Morgan fingerprint density at radius 3 is 2.88 bits per heavy atom. The fourth-order valence-electron chi connectivity index (χ4n) is 3.20. The Morgan fingerprint density at radius 2 is 2.21 bits per heavy atom. The number of nitro benzene ring substituents is 1. The minimum absolute atomic E-state index is 0.0635. The zero-order chi connectivity index (χ0) is 17.3. The molecule has 122 valence electrons. The highest BCUT2D eigenvalue weighted by Gasteiger charge is 2.35. The van der Waals surface area contributed by atoms with Crippen LogP contribution in [0.1, 0.15) is 42.4 Å². The van der Waals surface area contributed by atoms with Crippen molar-refractivity contribution in [1.29, 1.82) is 0 Å². The summed E-state index contributed by atoms with van der Waals surface area (Å²) in [7, 11) is 0. The third-order valence-electron chi connectivity index (χ3n) is 4.22. The number of anilines is 1. The molecule has 0 radical (unpaired) electrons. The molecule has 2 N–H and O–H groups in total. The number of hydrogen-bond acceptors (Lipinski definition) is 4. The molecule has 1 unspecified atom stereocenters. The van der Waals surface area contributed by atoms with Crippen molar-refractivity contribution in [3.05, 3.63) is 74.0 Å². The summed E-state index contributed by atoms with van der Waals surface area (Å²) in [6, 6.07) is 5.24. The Bertz CT molecular complexity index is 875. The number of nitrogens with one attached hydrogen (secondary N) is 2. The quantitative estimate of drug-likeness (QED) is 0.503. The number of nitrogens with zero attached hydrogens (tertiary/aromatic N) is 3. The van der Waals surface area contributed by atoms with Crippen LogP contribution in [0.5, 0.6) is 0 Å². The number of aromatic nitrogens is 2. The van der Waals surface area contributed by atoms with Gasteiger partial charge in [-0.2, -0.15) is 5.10 Å². The highest BCUT2D eigenvalue weighted by Crippen LogP contribution is 2.45. The monoisotopic (exact) mass is 323 g/mol. The van der Waals surface area contributed by atoms with Crippen molar-refractivity contribution in [1.82, 2.24) is 10.2 Å². The topological polar surface area (TPSA) is 88.2 Å². The molecular weight excluding hydrogens is 306 g/mol. The van der Waals surface area contributed by atoms with Gasteiger partial charge in [-0.05, 0) is 13.3 Å². The van der Waals surface area contributed by atoms with Crippen LogP contribution in [0.25, 0.3) is 4.85 Å². The third kappa shape index (κ3) is 2.42. The van der Waals surface area contributed by atoms with E-state index in [0.717, 1.165) is 17.7 Å². The normalized spacial score (nSPS) is 16.3. The zero-order valence-corrected chi connectivity index (χ0v) is 13.5. The SMILES string of the molecule is [C-]#[N+]C1=C(CCC)Nc2[nH]ncc2C1c1cccc(C)c1[N+](=O)[O-]. The second-order valence-electron chi connectivity index (χ2n) is 5.75. The molecule has 2 heterocycles. The van der Waals surface area contributed by atoms with Gasteiger partial charge in [0.1, 0.15) is 5.82 Å². The first-order chi connectivity index (χ1) is 11.6. The van der Waals surface area contributed by atoms with E-state index in [1.807, 2.05) is 6.92 Å². The highest BCUT2D eigenvalue weighted by atomic mass is 16.6. The first kappa shape index (κ1) is 15.7. The van der Waals surface area contributed by atoms with Crippen LogP contribution in [0.15, 0.2) is 35.8 Å². The molecule has 7 nitrogen and oxygen atoms in total. The van der Waals surface area contributed by atoms with E-state index in [4.69, 9.17) is 6.57 Å². The van der Waals surface area contributed by atoms with Crippen molar-refractivity contribution < 1.29 is 4.92 Å². The zero-order valence-electron chi connectivity index (χ0n) is 13.5. The van der Waals surface area contributed by atoms with Crippen molar-refractivity contribution in [3.63, 3.8) is 0 Å². The Labute approximate surface area is 139 Å². The van der Waals surface area contributed by atoms with E-state index in [1.165, 1.54) is 0 Å². The van der Waals surface area contributed by atoms with Gasteiger partial charge in [0.25, 0.3) is 5.69 Å². The molecule has 24 heavy (non-hydrogen) atoms. The lowest BCUT2D eigenvalue weighted by Crippen LogP contribution is -2.18. The van der Waals surface area contributed by atoms with E-state index < -0.39 is 5.92 Å². The molecule has 7 heteroatoms. The molecule has 1 aliphatic heterocycles. The van der Waals surface area contributed by atoms with Crippen LogP contribution in [0.2, 0.25) is 0 Å². The molecule has 1 aromatic heterocycles. The summed E-state index contributed by atoms with van der Waals surface area (Å²) in [6.07, 6.45) is 3.20. The number of aromatic amines is 1. The lowest BCUT2D eigenvalue weighted by molar-refractivity contribution is -0.386. The maximum atomic E-state index is 11.6. The summed E-state index contributed by atoms with van der Waals surface area (Å²) in [4.78, 5) is 15.0. The number of H-pyrrole nitrogens is 1. The highest BCUT2D eigenvalue weighted by molar-refractivity contribution is 5.66. The van der Waals surface area contributed by atoms with Crippen LogP contribution in [0.4, 0.5) is 11.5 Å². The second kappa shape index (κ2) is 6.16. The number of benzene rings is 1. The minimum Gasteiger partial charge on any atom is -0.354 e. The number of allylic oxidation sites excluding steroid dienone is 2. The number of nitro groups is 1. The van der Waals surface area contributed by atoms with Crippen LogP contribution in [-0.4, -0.2) is 15.1 Å². The first-order valence-electron chi connectivity index (χ1n) is 7.73. The van der Waals surface area contributed by atoms with Gasteiger partial charge < -0.3 is 5.32 Å². The summed E-state index contributed by atoms with van der Waals surface area (Å²) in [5, 5.41) is 21.8. The average Bonchev–Trinajstić information content (AvgIpc) is 3.01. The molecule has 1 aromatic carbocycles. The van der Waals surface area contributed by atoms with Gasteiger partial charge >= 0.3 is 0 Å². The predicted molar refractivity (Wildman–Crippen MR) is 90.4 cm³/mol. The molecular formula is C17H17N5O2. The summed E-state index contributed by atoms with van der Waals surface area (Å²) in [6.45, 7) is 11.4. The van der Waals surface area contributed by atoms with Crippen molar-refractivity contribution in [2.45, 2.75) is 32.6 Å². The molecule has 0 amide bonds. The number of rotatable bonds is 4. The molecule has 0 saturated heterocycles. The molecule has 0 spiro atoms. The summed E-state index contributed by atoms with van der Waals surface area (Å²) >= 11 is 0. The van der Waals surface area contributed by atoms with Crippen molar-refractivity contribution in [3.8, 4) is 0 Å². The van der Waals surface area contributed by atoms with E-state index in [0.29, 0.717) is 29.1 Å². The second-order valence-corrected chi connectivity index (χ2v) is 5.75. The number of aryl methyl sites for hydroxylation is 1. The summed E-state index contributed by atoms with van der Waals surface area (Å²) < 4.78 is 0. The molecule has 0 aliphatic carbocycles. The fraction of sp³-hybridized carbons (Fsp3) is 0.294. The van der Waals surface area contributed by atoms with Crippen LogP contribution in [-0.2, 0) is 0 Å². The van der Waals surface area contributed by atoms with Crippen LogP contribution >= 0.6 is 0 Å². The van der Waals surface area contributed by atoms with Crippen LogP contribution in [0, 0.1) is 23.6 Å². The first-order valence-corrected chi connectivity index (χ1v) is 7.73. The van der Waals surface area contributed by atoms with Gasteiger partial charge in [-0.25, -0.2) is 4.85 Å². The van der Waals surface area contributed by atoms with Gasteiger partial charge in [0.2, 0.25) is 0 Å². The molecule has 0 fully saturated rings. The Kier molecular flexibility index (Phi) is 4.04. The van der Waals surface area contributed by atoms with Crippen molar-refractivity contribution in [2.75, 3.05) is 5.32 Å². The Hall–Kier alpha value is -3.14. The summed E-state index contributed by atoms with van der Waals surface area (Å²) in [5.41, 5.74) is 3.24. The van der Waals surface area contributed by atoms with Gasteiger partial charge in [-0.3, -0.25) is 15.2 Å². The van der Waals surface area contributed by atoms with Gasteiger partial charge in [-0.15, -0.1) is 0 Å². The maximum absolute atomic E-state index is 11.6. The van der Waals surface area contributed by atoms with Crippen LogP contribution < -0.4 is 5.32 Å². The number of hydrogen-bond donors (Lipinski definition) is 2. The van der Waals surface area contributed by atoms with Crippen molar-refractivity contribution in [2.24, 2.45) is 0 Å². The Morgan fingerprint density at radius 1 is 1.42 bits per heavy atom. The average molecular weight is 323 g/mol. The minimum atomic E-state index is -0.487. The lowest BCUT2D eigenvalue weighted by Gasteiger charge is -2.26. The van der Waals surface area contributed by atoms with E-state index in [1.54, 1.807) is 31.3 Å². The number of para-hydroxylation sites is 1. The summed E-state index contributed by atoms with van der Waals surface area (Å²) in [5.74, 6) is 0.214. The van der Waals surface area contributed by atoms with E-state index in [9.17, 15) is 10.1 Å². The maximum Gasteiger partial charge on any atom is 0.275 e. The van der Waals surface area contributed by atoms with Gasteiger partial charge in [0.15, 0.2) is 5.70 Å². The fourth-order valence-corrected chi connectivity index (χ4v) is 3.20. The van der Waals surface area contributed by atoms with Gasteiger partial charge in [0.05, 0.1) is 23.6 Å². The predicted octanol–water partition coefficient (Wildman–Crippen LogP) is 4.11.